The van der Waals surface area contributed by atoms with Crippen molar-refractivity contribution in [3.8, 4) is 0 Å². The quantitative estimate of drug-likeness (QED) is 0.639. The third kappa shape index (κ3) is 1.22. The molecule has 2 aliphatic carbocycles. The molecule has 3 fully saturated rings. The second-order valence-electron chi connectivity index (χ2n) is 5.41. The maximum Gasteiger partial charge on any atom is 0.410 e. The molecule has 0 N–H and O–H groups in total. The highest BCUT2D eigenvalue weighted by atomic mass is 16.6. The van der Waals surface area contributed by atoms with Gasteiger partial charge in [-0.05, 0) is 37.5 Å². The molecule has 3 aliphatic rings. The van der Waals surface area contributed by atoms with E-state index < -0.39 is 0 Å². The average molecular weight is 195 g/mol. The van der Waals surface area contributed by atoms with Crippen LogP contribution in [0, 0.1) is 17.8 Å². The second-order valence-corrected chi connectivity index (χ2v) is 5.41. The first-order valence-corrected chi connectivity index (χ1v) is 5.57. The molecule has 0 radical (unpaired) electrons. The smallest absolute Gasteiger partial charge is 0.410 e. The Morgan fingerprint density at radius 3 is 2.43 bits per heavy atom. The van der Waals surface area contributed by atoms with E-state index in [1.165, 1.54) is 0 Å². The van der Waals surface area contributed by atoms with Gasteiger partial charge in [0.15, 0.2) is 0 Å². The lowest BCUT2D eigenvalue weighted by Gasteiger charge is -2.21. The zero-order chi connectivity index (χ0) is 9.92. The number of nitrogens with zero attached hydrogens (tertiary/aromatic N) is 1. The van der Waals surface area contributed by atoms with Gasteiger partial charge < -0.3 is 9.64 Å². The van der Waals surface area contributed by atoms with Crippen LogP contribution in [0.25, 0.3) is 0 Å². The molecule has 1 saturated heterocycles. The molecule has 0 bridgehead atoms. The Morgan fingerprint density at radius 1 is 1.36 bits per heavy atom. The number of fused-ring (bicyclic) bond motifs is 1. The Kier molecular flexibility index (Phi) is 1.49. The van der Waals surface area contributed by atoms with Crippen LogP contribution < -0.4 is 0 Å². The molecule has 0 aromatic rings. The molecule has 3 rings (SSSR count). The van der Waals surface area contributed by atoms with Gasteiger partial charge in [0.05, 0.1) is 0 Å². The Labute approximate surface area is 84.4 Å². The van der Waals surface area contributed by atoms with E-state index in [-0.39, 0.29) is 11.7 Å². The van der Waals surface area contributed by atoms with Crippen LogP contribution in [0.1, 0.15) is 26.7 Å². The lowest BCUT2D eigenvalue weighted by Crippen LogP contribution is -2.34. The Hall–Kier alpha value is -0.730. The number of hydrogen-bond donors (Lipinski definition) is 0. The molecule has 2 atom stereocenters. The summed E-state index contributed by atoms with van der Waals surface area (Å²) in [5.41, 5.74) is -0.116. The lowest BCUT2D eigenvalue weighted by molar-refractivity contribution is 0.0607. The highest BCUT2D eigenvalue weighted by molar-refractivity contribution is 5.69. The van der Waals surface area contributed by atoms with Crippen LogP contribution in [0.2, 0.25) is 0 Å². The molecule has 0 spiro atoms. The standard InChI is InChI=1S/C11H17NO2/c1-7-8-5-12(6-9(7)8)10(13)14-11(2)3-4-11/h7-9H,3-6H2,1-2H3. The van der Waals surface area contributed by atoms with Gasteiger partial charge in [0.1, 0.15) is 5.60 Å². The molecular weight excluding hydrogens is 178 g/mol. The molecule has 14 heavy (non-hydrogen) atoms. The third-order valence-corrected chi connectivity index (χ3v) is 4.17. The predicted molar refractivity (Wildman–Crippen MR) is 51.8 cm³/mol. The summed E-state index contributed by atoms with van der Waals surface area (Å²) < 4.78 is 5.42. The fraction of sp³-hybridized carbons (Fsp3) is 0.909. The minimum Gasteiger partial charge on any atom is -0.443 e. The molecule has 2 saturated carbocycles. The number of amides is 1. The summed E-state index contributed by atoms with van der Waals surface area (Å²) in [6.07, 6.45) is 2.00. The van der Waals surface area contributed by atoms with Crippen molar-refractivity contribution in [1.82, 2.24) is 4.90 Å². The summed E-state index contributed by atoms with van der Waals surface area (Å²) >= 11 is 0. The monoisotopic (exact) mass is 195 g/mol. The first kappa shape index (κ1) is 8.57. The number of ether oxygens (including phenoxy) is 1. The predicted octanol–water partition coefficient (Wildman–Crippen LogP) is 1.87. The van der Waals surface area contributed by atoms with E-state index in [1.807, 2.05) is 11.8 Å². The topological polar surface area (TPSA) is 29.5 Å². The highest BCUT2D eigenvalue weighted by Gasteiger charge is 2.55. The molecule has 1 aliphatic heterocycles. The molecule has 3 nitrogen and oxygen atoms in total. The van der Waals surface area contributed by atoms with Crippen molar-refractivity contribution in [2.45, 2.75) is 32.3 Å². The zero-order valence-electron chi connectivity index (χ0n) is 8.82. The SMILES string of the molecule is CC1C2CN(C(=O)OC3(C)CC3)CC12. The second kappa shape index (κ2) is 2.44. The molecule has 3 heteroatoms. The van der Waals surface area contributed by atoms with Gasteiger partial charge in [-0.1, -0.05) is 6.92 Å². The number of piperidine rings is 1. The van der Waals surface area contributed by atoms with E-state index in [0.717, 1.165) is 43.7 Å². The normalized spacial score (nSPS) is 41.9. The molecule has 2 unspecified atom stereocenters. The van der Waals surface area contributed by atoms with E-state index in [9.17, 15) is 4.79 Å². The van der Waals surface area contributed by atoms with Crippen molar-refractivity contribution >= 4 is 6.09 Å². The van der Waals surface area contributed by atoms with E-state index in [0.29, 0.717) is 0 Å². The van der Waals surface area contributed by atoms with Crippen LogP contribution in [0.4, 0.5) is 4.79 Å². The number of likely N-dealkylation sites (tertiary alicyclic amines) is 1. The van der Waals surface area contributed by atoms with Gasteiger partial charge in [0, 0.05) is 13.1 Å². The van der Waals surface area contributed by atoms with Crippen molar-refractivity contribution in [2.75, 3.05) is 13.1 Å². The maximum absolute atomic E-state index is 11.7. The van der Waals surface area contributed by atoms with Crippen LogP contribution in [-0.2, 0) is 4.74 Å². The van der Waals surface area contributed by atoms with Crippen molar-refractivity contribution < 1.29 is 9.53 Å². The van der Waals surface area contributed by atoms with E-state index >= 15 is 0 Å². The summed E-state index contributed by atoms with van der Waals surface area (Å²) in [6, 6.07) is 0. The summed E-state index contributed by atoms with van der Waals surface area (Å²) in [6.45, 7) is 6.16. The van der Waals surface area contributed by atoms with Crippen molar-refractivity contribution in [3.63, 3.8) is 0 Å². The minimum absolute atomic E-state index is 0.0793. The van der Waals surface area contributed by atoms with Gasteiger partial charge in [0.25, 0.3) is 0 Å². The Bertz CT molecular complexity index is 273. The lowest BCUT2D eigenvalue weighted by atomic mass is 10.3. The average Bonchev–Trinajstić information content (AvgIpc) is 2.94. The number of hydrogen-bond acceptors (Lipinski definition) is 2. The molecule has 1 heterocycles. The molecule has 1 amide bonds. The summed E-state index contributed by atoms with van der Waals surface area (Å²) in [5.74, 6) is 2.39. The van der Waals surface area contributed by atoms with Crippen LogP contribution in [0.5, 0.6) is 0 Å². The molecule has 0 aromatic heterocycles. The van der Waals surface area contributed by atoms with Crippen molar-refractivity contribution in [1.29, 1.82) is 0 Å². The molecule has 0 aromatic carbocycles. The molecular formula is C11H17NO2. The summed E-state index contributed by atoms with van der Waals surface area (Å²) in [5, 5.41) is 0. The number of carbonyl (C=O) groups is 1. The van der Waals surface area contributed by atoms with Crippen LogP contribution in [0.3, 0.4) is 0 Å². The molecule has 78 valence electrons. The van der Waals surface area contributed by atoms with Gasteiger partial charge in [0.2, 0.25) is 0 Å². The van der Waals surface area contributed by atoms with Gasteiger partial charge in [-0.2, -0.15) is 0 Å². The summed E-state index contributed by atoms with van der Waals surface area (Å²) in [7, 11) is 0. The minimum atomic E-state index is -0.116. The third-order valence-electron chi connectivity index (χ3n) is 4.17. The maximum atomic E-state index is 11.7. The first-order chi connectivity index (χ1) is 6.59. The first-order valence-electron chi connectivity index (χ1n) is 5.57. The zero-order valence-corrected chi connectivity index (χ0v) is 8.82. The van der Waals surface area contributed by atoms with Gasteiger partial charge >= 0.3 is 6.09 Å². The number of carbonyl (C=O) groups excluding carboxylic acids is 1. The van der Waals surface area contributed by atoms with E-state index in [4.69, 9.17) is 4.74 Å². The van der Waals surface area contributed by atoms with Crippen molar-refractivity contribution in [3.05, 3.63) is 0 Å². The van der Waals surface area contributed by atoms with Crippen LogP contribution in [0.15, 0.2) is 0 Å². The highest BCUT2D eigenvalue weighted by Crippen LogP contribution is 2.51. The van der Waals surface area contributed by atoms with Crippen LogP contribution >= 0.6 is 0 Å². The Balaban J connectivity index is 1.55. The fourth-order valence-corrected chi connectivity index (χ4v) is 2.53. The summed E-state index contributed by atoms with van der Waals surface area (Å²) in [4.78, 5) is 13.6. The number of rotatable bonds is 1. The van der Waals surface area contributed by atoms with Gasteiger partial charge in [-0.15, -0.1) is 0 Å². The van der Waals surface area contributed by atoms with Gasteiger partial charge in [-0.25, -0.2) is 4.79 Å². The van der Waals surface area contributed by atoms with E-state index in [2.05, 4.69) is 6.92 Å². The van der Waals surface area contributed by atoms with Crippen molar-refractivity contribution in [2.24, 2.45) is 17.8 Å². The largest absolute Gasteiger partial charge is 0.443 e. The van der Waals surface area contributed by atoms with Gasteiger partial charge in [-0.3, -0.25) is 0 Å². The van der Waals surface area contributed by atoms with Crippen LogP contribution in [-0.4, -0.2) is 29.7 Å². The van der Waals surface area contributed by atoms with E-state index in [1.54, 1.807) is 0 Å². The Morgan fingerprint density at radius 2 is 1.93 bits per heavy atom. The fourth-order valence-electron chi connectivity index (χ4n) is 2.53.